The van der Waals surface area contributed by atoms with Crippen LogP contribution in [-0.4, -0.2) is 16.8 Å². The standard InChI is InChI=1S/C20H15N3O4/c1-2-14(24)10-7-8-15-16(17(10)25)20(12(9-21)18(22)27-15)11-5-3-4-6-13(11)23-19(20)26/h3-8,25H,2,22H2,1H3,(H,23,26). The average molecular weight is 361 g/mol. The molecule has 0 bridgehead atoms. The summed E-state index contributed by atoms with van der Waals surface area (Å²) in [5.41, 5.74) is 5.23. The highest BCUT2D eigenvalue weighted by atomic mass is 16.5. The first-order valence-electron chi connectivity index (χ1n) is 8.35. The van der Waals surface area contributed by atoms with E-state index in [0.717, 1.165) is 0 Å². The van der Waals surface area contributed by atoms with Crippen molar-refractivity contribution >= 4 is 17.4 Å². The summed E-state index contributed by atoms with van der Waals surface area (Å²) in [7, 11) is 0. The zero-order valence-corrected chi connectivity index (χ0v) is 14.4. The lowest BCUT2D eigenvalue weighted by Crippen LogP contribution is -2.42. The van der Waals surface area contributed by atoms with Crippen LogP contribution in [0.25, 0.3) is 0 Å². The van der Waals surface area contributed by atoms with Gasteiger partial charge in [0.1, 0.15) is 28.6 Å². The number of Topliss-reactive ketones (excluding diaryl/α,β-unsaturated/α-hetero) is 1. The van der Waals surface area contributed by atoms with Crippen molar-refractivity contribution in [3.63, 3.8) is 0 Å². The van der Waals surface area contributed by atoms with Gasteiger partial charge in [-0.15, -0.1) is 0 Å². The van der Waals surface area contributed by atoms with E-state index in [1.807, 2.05) is 6.07 Å². The third-order valence-corrected chi connectivity index (χ3v) is 5.01. The second-order valence-electron chi connectivity index (χ2n) is 6.31. The van der Waals surface area contributed by atoms with Crippen LogP contribution in [-0.2, 0) is 10.2 Å². The van der Waals surface area contributed by atoms with E-state index in [1.165, 1.54) is 12.1 Å². The number of anilines is 1. The predicted octanol–water partition coefficient (Wildman–Crippen LogP) is 2.31. The highest BCUT2D eigenvalue weighted by molar-refractivity contribution is 6.14. The summed E-state index contributed by atoms with van der Waals surface area (Å²) in [4.78, 5) is 25.4. The van der Waals surface area contributed by atoms with Gasteiger partial charge in [-0.05, 0) is 18.2 Å². The number of nitrogens with zero attached hydrogens (tertiary/aromatic N) is 1. The van der Waals surface area contributed by atoms with Gasteiger partial charge in [0, 0.05) is 17.7 Å². The Morgan fingerprint density at radius 3 is 2.78 bits per heavy atom. The number of rotatable bonds is 2. The molecular formula is C20H15N3O4. The van der Waals surface area contributed by atoms with Crippen LogP contribution < -0.4 is 15.8 Å². The van der Waals surface area contributed by atoms with E-state index in [1.54, 1.807) is 31.2 Å². The van der Waals surface area contributed by atoms with Crippen LogP contribution in [0, 0.1) is 11.3 Å². The number of carbonyl (C=O) groups excluding carboxylic acids is 2. The summed E-state index contributed by atoms with van der Waals surface area (Å²) in [6.07, 6.45) is 0.173. The number of phenols is 1. The fourth-order valence-electron chi connectivity index (χ4n) is 3.81. The van der Waals surface area contributed by atoms with E-state index in [0.29, 0.717) is 11.3 Å². The highest BCUT2D eigenvalue weighted by Gasteiger charge is 2.58. The molecule has 0 radical (unpaired) electrons. The molecule has 0 aliphatic carbocycles. The fourth-order valence-corrected chi connectivity index (χ4v) is 3.81. The number of benzene rings is 2. The first-order valence-corrected chi connectivity index (χ1v) is 8.35. The number of nitrogens with one attached hydrogen (secondary N) is 1. The molecule has 2 aromatic carbocycles. The summed E-state index contributed by atoms with van der Waals surface area (Å²) < 4.78 is 5.52. The van der Waals surface area contributed by atoms with E-state index >= 15 is 0 Å². The number of para-hydroxylation sites is 1. The Morgan fingerprint density at radius 1 is 1.33 bits per heavy atom. The van der Waals surface area contributed by atoms with Crippen molar-refractivity contribution in [3.05, 3.63) is 64.5 Å². The van der Waals surface area contributed by atoms with Gasteiger partial charge >= 0.3 is 0 Å². The Kier molecular flexibility index (Phi) is 3.46. The van der Waals surface area contributed by atoms with Crippen LogP contribution in [0.5, 0.6) is 11.5 Å². The molecule has 7 nitrogen and oxygen atoms in total. The fraction of sp³-hybridized carbons (Fsp3) is 0.150. The maximum atomic E-state index is 13.2. The van der Waals surface area contributed by atoms with Crippen LogP contribution in [0.1, 0.15) is 34.8 Å². The van der Waals surface area contributed by atoms with E-state index in [9.17, 15) is 20.0 Å². The van der Waals surface area contributed by atoms with E-state index in [-0.39, 0.29) is 46.3 Å². The summed E-state index contributed by atoms with van der Waals surface area (Å²) in [6, 6.07) is 11.7. The third kappa shape index (κ3) is 1.95. The molecule has 0 saturated carbocycles. The number of fused-ring (bicyclic) bond motifs is 4. The van der Waals surface area contributed by atoms with Gasteiger partial charge < -0.3 is 20.9 Å². The van der Waals surface area contributed by atoms with Gasteiger partial charge in [0.25, 0.3) is 0 Å². The minimum Gasteiger partial charge on any atom is -0.507 e. The molecule has 0 aromatic heterocycles. The number of hydrogen-bond donors (Lipinski definition) is 3. The maximum Gasteiger partial charge on any atom is 0.245 e. The molecule has 4 N–H and O–H groups in total. The molecule has 2 aromatic rings. The molecule has 1 unspecified atom stereocenters. The molecule has 2 aliphatic heterocycles. The first-order chi connectivity index (χ1) is 13.0. The van der Waals surface area contributed by atoms with E-state index in [2.05, 4.69) is 5.32 Å². The molecule has 1 spiro atoms. The quantitative estimate of drug-likeness (QED) is 0.705. The van der Waals surface area contributed by atoms with Crippen molar-refractivity contribution in [2.75, 3.05) is 5.32 Å². The van der Waals surface area contributed by atoms with Gasteiger partial charge in [-0.25, -0.2) is 0 Å². The van der Waals surface area contributed by atoms with Crippen LogP contribution in [0.2, 0.25) is 0 Å². The molecule has 1 amide bonds. The molecular weight excluding hydrogens is 346 g/mol. The second kappa shape index (κ2) is 5.61. The lowest BCUT2D eigenvalue weighted by Gasteiger charge is -2.34. The first kappa shape index (κ1) is 16.7. The smallest absolute Gasteiger partial charge is 0.245 e. The molecule has 0 saturated heterocycles. The van der Waals surface area contributed by atoms with Gasteiger partial charge in [0.15, 0.2) is 5.78 Å². The maximum absolute atomic E-state index is 13.2. The zero-order chi connectivity index (χ0) is 19.3. The van der Waals surface area contributed by atoms with Crippen LogP contribution in [0.4, 0.5) is 5.69 Å². The van der Waals surface area contributed by atoms with E-state index in [4.69, 9.17) is 10.5 Å². The lowest BCUT2D eigenvalue weighted by molar-refractivity contribution is -0.118. The van der Waals surface area contributed by atoms with Crippen LogP contribution >= 0.6 is 0 Å². The minimum absolute atomic E-state index is 0.0509. The SMILES string of the molecule is CCC(=O)c1ccc2c(c1O)C1(C(=O)Nc3ccccc31)C(C#N)=C(N)O2. The molecule has 4 rings (SSSR count). The molecule has 27 heavy (non-hydrogen) atoms. The molecule has 0 fully saturated rings. The largest absolute Gasteiger partial charge is 0.507 e. The number of nitriles is 1. The molecule has 7 heteroatoms. The van der Waals surface area contributed by atoms with Crippen molar-refractivity contribution in [1.82, 2.24) is 0 Å². The summed E-state index contributed by atoms with van der Waals surface area (Å²) >= 11 is 0. The molecule has 2 aliphatic rings. The monoisotopic (exact) mass is 361 g/mol. The number of ether oxygens (including phenoxy) is 1. The number of aromatic hydroxyl groups is 1. The van der Waals surface area contributed by atoms with Crippen molar-refractivity contribution in [1.29, 1.82) is 5.26 Å². The number of nitrogens with two attached hydrogens (primary N) is 1. The Bertz CT molecular complexity index is 1100. The Labute approximate surface area is 154 Å². The number of amides is 1. The Balaban J connectivity index is 2.16. The number of phenolic OH excluding ortho intramolecular Hbond substituents is 1. The van der Waals surface area contributed by atoms with Gasteiger partial charge in [-0.1, -0.05) is 25.1 Å². The molecule has 2 heterocycles. The Hall–Kier alpha value is -3.79. The van der Waals surface area contributed by atoms with Gasteiger partial charge in [-0.2, -0.15) is 5.26 Å². The molecule has 1 atom stereocenters. The minimum atomic E-state index is -1.68. The second-order valence-corrected chi connectivity index (χ2v) is 6.31. The summed E-state index contributed by atoms with van der Waals surface area (Å²) in [5.74, 6) is -1.30. The third-order valence-electron chi connectivity index (χ3n) is 5.01. The molecule has 134 valence electrons. The van der Waals surface area contributed by atoms with Crippen molar-refractivity contribution in [2.45, 2.75) is 18.8 Å². The Morgan fingerprint density at radius 2 is 2.07 bits per heavy atom. The van der Waals surface area contributed by atoms with Gasteiger partial charge in [0.05, 0.1) is 11.1 Å². The zero-order valence-electron chi connectivity index (χ0n) is 14.4. The van der Waals surface area contributed by atoms with Crippen molar-refractivity contribution in [3.8, 4) is 17.6 Å². The van der Waals surface area contributed by atoms with Crippen LogP contribution in [0.3, 0.4) is 0 Å². The predicted molar refractivity (Wildman–Crippen MR) is 96.0 cm³/mol. The number of carbonyl (C=O) groups is 2. The van der Waals surface area contributed by atoms with Crippen LogP contribution in [0.15, 0.2) is 47.9 Å². The number of ketones is 1. The highest BCUT2D eigenvalue weighted by Crippen LogP contribution is 2.56. The van der Waals surface area contributed by atoms with Crippen molar-refractivity contribution < 1.29 is 19.4 Å². The lowest BCUT2D eigenvalue weighted by atomic mass is 9.68. The average Bonchev–Trinajstić information content (AvgIpc) is 2.94. The van der Waals surface area contributed by atoms with E-state index < -0.39 is 11.3 Å². The summed E-state index contributed by atoms with van der Waals surface area (Å²) in [6.45, 7) is 1.67. The van der Waals surface area contributed by atoms with Gasteiger partial charge in [0.2, 0.25) is 11.8 Å². The van der Waals surface area contributed by atoms with Gasteiger partial charge in [-0.3, -0.25) is 9.59 Å². The normalized spacial score (nSPS) is 19.8. The summed E-state index contributed by atoms with van der Waals surface area (Å²) in [5, 5.41) is 23.5. The topological polar surface area (TPSA) is 125 Å². The van der Waals surface area contributed by atoms with Crippen molar-refractivity contribution in [2.24, 2.45) is 5.73 Å². The number of hydrogen-bond acceptors (Lipinski definition) is 6.